The van der Waals surface area contributed by atoms with Crippen molar-refractivity contribution in [2.24, 2.45) is 38.7 Å². The minimum Gasteiger partial charge on any atom is -0.497 e. The summed E-state index contributed by atoms with van der Waals surface area (Å²) in [7, 11) is 1.47. The van der Waals surface area contributed by atoms with Gasteiger partial charge in [-0.25, -0.2) is 4.79 Å². The van der Waals surface area contributed by atoms with Gasteiger partial charge in [0.2, 0.25) is 47.3 Å². The quantitative estimate of drug-likeness (QED) is 0.0216. The van der Waals surface area contributed by atoms with E-state index in [1.165, 1.54) is 16.9 Å². The minimum absolute atomic E-state index is 0.0223. The molecule has 28 nitrogen and oxygen atoms in total. The van der Waals surface area contributed by atoms with Gasteiger partial charge in [-0.3, -0.25) is 48.3 Å². The van der Waals surface area contributed by atoms with Crippen molar-refractivity contribution in [3.05, 3.63) is 65.7 Å². The average Bonchev–Trinajstić information content (AvgIpc) is 4.36. The number of likely N-dealkylation sites (tertiary alicyclic amines) is 3. The number of benzene rings is 2. The summed E-state index contributed by atoms with van der Waals surface area (Å²) >= 11 is 0. The molecule has 3 heterocycles. The second-order valence-electron chi connectivity index (χ2n) is 19.6. The molecule has 0 radical (unpaired) electrons. The Morgan fingerprint density at radius 3 is 1.81 bits per heavy atom. The predicted octanol–water partition coefficient (Wildman–Crippen LogP) is -5.01. The third-order valence-electron chi connectivity index (χ3n) is 13.8. The lowest BCUT2D eigenvalue weighted by Crippen LogP contribution is -2.60. The highest BCUT2D eigenvalue weighted by molar-refractivity contribution is 5.98. The second-order valence-corrected chi connectivity index (χ2v) is 19.6. The van der Waals surface area contributed by atoms with Crippen LogP contribution in [0.1, 0.15) is 68.9 Å². The Morgan fingerprint density at radius 2 is 1.23 bits per heavy atom. The fourth-order valence-electron chi connectivity index (χ4n) is 9.70. The molecule has 432 valence electrons. The van der Waals surface area contributed by atoms with E-state index in [-0.39, 0.29) is 89.6 Å². The molecule has 2 aromatic rings. The van der Waals surface area contributed by atoms with Gasteiger partial charge in [-0.1, -0.05) is 42.5 Å². The first-order valence-corrected chi connectivity index (χ1v) is 26.2. The number of nitrogens with zero attached hydrogens (tertiary/aromatic N) is 5. The summed E-state index contributed by atoms with van der Waals surface area (Å²) in [5, 5.41) is 43.8. The van der Waals surface area contributed by atoms with Gasteiger partial charge in [0.15, 0.2) is 11.9 Å². The van der Waals surface area contributed by atoms with E-state index in [2.05, 4.69) is 36.6 Å². The molecular weight excluding hydrogens is 1030 g/mol. The minimum atomic E-state index is -1.63. The molecule has 3 saturated heterocycles. The highest BCUT2D eigenvalue weighted by Gasteiger charge is 2.46. The summed E-state index contributed by atoms with van der Waals surface area (Å²) in [5.74, 6) is -7.08. The number of hydrogen-bond acceptors (Lipinski definition) is 15. The summed E-state index contributed by atoms with van der Waals surface area (Å²) in [5.41, 5.74) is 28.8. The zero-order valence-corrected chi connectivity index (χ0v) is 44.2. The molecule has 0 unspecified atom stereocenters. The van der Waals surface area contributed by atoms with Gasteiger partial charge >= 0.3 is 5.97 Å². The fourth-order valence-corrected chi connectivity index (χ4v) is 9.70. The average molecular weight is 1110 g/mol. The van der Waals surface area contributed by atoms with E-state index in [0.717, 1.165) is 4.90 Å². The number of rotatable bonds is 28. The molecule has 0 aromatic heterocycles. The highest BCUT2D eigenvalue weighted by Crippen LogP contribution is 2.27. The summed E-state index contributed by atoms with van der Waals surface area (Å²) in [4.78, 5) is 134. The molecule has 8 amide bonds. The number of carbonyl (C=O) groups excluding carboxylic acids is 8. The fraction of sp³-hybridized carbons (Fsp3) is 0.549. The SMILES string of the molecule is COc1ccc(C[C@H](NC(=O)[C@@H]2CCCN2C(=O)[C@H](CO)NC(=O)[C@H](Cc2ccccc2)NC(=O)CNC(=O)[C@@H]2C[C@@H](O)CN2C(=O)[C@@H]2CCCN2C(=O)[C@@H](N)CCCN=C(N)N)C(=O)N[C@@H](CCCN=C(N)N)C(=O)O)cc1. The summed E-state index contributed by atoms with van der Waals surface area (Å²) < 4.78 is 5.23. The number of aliphatic hydroxyl groups excluding tert-OH is 2. The smallest absolute Gasteiger partial charge is 0.326 e. The number of β-amino-alcohol motifs (C(OH)–C–C–N with tert-alkyl or cyclic N) is 1. The monoisotopic (exact) mass is 1110 g/mol. The van der Waals surface area contributed by atoms with Crippen molar-refractivity contribution >= 4 is 65.1 Å². The molecule has 28 heteroatoms. The zero-order chi connectivity index (χ0) is 57.8. The Kier molecular flexibility index (Phi) is 23.6. The second kappa shape index (κ2) is 30.1. The van der Waals surface area contributed by atoms with Gasteiger partial charge in [0.05, 0.1) is 32.4 Å². The van der Waals surface area contributed by atoms with E-state index in [1.54, 1.807) is 54.6 Å². The van der Waals surface area contributed by atoms with Gasteiger partial charge in [0.25, 0.3) is 0 Å². The maximum Gasteiger partial charge on any atom is 0.326 e. The first kappa shape index (κ1) is 61.7. The third-order valence-corrected chi connectivity index (χ3v) is 13.8. The van der Waals surface area contributed by atoms with E-state index in [0.29, 0.717) is 42.6 Å². The Hall–Kier alpha value is -8.11. The highest BCUT2D eigenvalue weighted by atomic mass is 16.5. The molecule has 0 aliphatic carbocycles. The Balaban J connectivity index is 1.23. The normalized spacial score (nSPS) is 19.6. The van der Waals surface area contributed by atoms with E-state index in [9.17, 15) is 58.5 Å². The number of amides is 8. The van der Waals surface area contributed by atoms with E-state index in [4.69, 9.17) is 33.4 Å². The molecule has 0 spiro atoms. The van der Waals surface area contributed by atoms with E-state index >= 15 is 0 Å². The van der Waals surface area contributed by atoms with Crippen LogP contribution >= 0.6 is 0 Å². The number of ether oxygens (including phenoxy) is 1. The van der Waals surface area contributed by atoms with Crippen LogP contribution in [-0.2, 0) is 56.0 Å². The molecule has 5 rings (SSSR count). The largest absolute Gasteiger partial charge is 0.497 e. The first-order valence-electron chi connectivity index (χ1n) is 26.2. The van der Waals surface area contributed by atoms with Gasteiger partial charge < -0.3 is 90.0 Å². The number of carbonyl (C=O) groups is 9. The van der Waals surface area contributed by atoms with Crippen molar-refractivity contribution in [1.82, 2.24) is 41.3 Å². The number of nitrogens with two attached hydrogens (primary N) is 5. The lowest BCUT2D eigenvalue weighted by atomic mass is 10.0. The standard InChI is InChI=1S/C51H75N15O13/c1-79-32-17-15-30(16-18-32)24-36(43(71)61-34(49(77)78)12-6-20-58-51(55)56)62-45(73)38-13-7-21-64(38)47(75)37(28-67)63-42(70)35(23-29-9-3-2-4-10-29)60-41(69)26-59-44(72)40-25-31(68)27-66(40)48(76)39-14-8-22-65(39)46(74)33(52)11-5-19-57-50(53)54/h2-4,9-10,15-18,31,33-40,67-68H,5-8,11-14,19-28,52H2,1H3,(H,59,72)(H,60,69)(H,61,71)(H,62,73)(H,63,70)(H,77,78)(H4,53,54,57)(H4,55,56,58)/t31-,33+,34+,35+,36+,37+,38+,39+,40+/m1/s1. The van der Waals surface area contributed by atoms with Crippen LogP contribution in [-0.4, -0.2) is 203 Å². The van der Waals surface area contributed by atoms with Gasteiger partial charge in [0.1, 0.15) is 48.0 Å². The van der Waals surface area contributed by atoms with Crippen molar-refractivity contribution < 1.29 is 63.2 Å². The number of carboxylic acid groups (broad SMARTS) is 1. The van der Waals surface area contributed by atoms with Crippen molar-refractivity contribution in [1.29, 1.82) is 0 Å². The number of hydrogen-bond donors (Lipinski definition) is 13. The summed E-state index contributed by atoms with van der Waals surface area (Å²) in [6.45, 7) is -1.18. The molecular formula is C51H75N15O13. The van der Waals surface area contributed by atoms with Crippen LogP contribution in [0.3, 0.4) is 0 Å². The number of methoxy groups -OCH3 is 1. The number of nitrogens with one attached hydrogen (secondary N) is 5. The van der Waals surface area contributed by atoms with Crippen LogP contribution in [0.4, 0.5) is 0 Å². The van der Waals surface area contributed by atoms with Gasteiger partial charge in [-0.2, -0.15) is 0 Å². The number of aliphatic imine (C=N–C) groups is 2. The Labute approximate surface area is 456 Å². The topological polar surface area (TPSA) is 448 Å². The summed E-state index contributed by atoms with van der Waals surface area (Å²) in [6, 6.07) is 5.12. The van der Waals surface area contributed by atoms with E-state index < -0.39 is 121 Å². The van der Waals surface area contributed by atoms with Crippen molar-refractivity contribution in [2.45, 2.75) is 125 Å². The molecule has 2 aromatic carbocycles. The van der Waals surface area contributed by atoms with Gasteiger partial charge in [0, 0.05) is 52.0 Å². The van der Waals surface area contributed by atoms with E-state index in [1.807, 2.05) is 0 Å². The maximum absolute atomic E-state index is 14.2. The maximum atomic E-state index is 14.2. The molecule has 9 atom stereocenters. The molecule has 79 heavy (non-hydrogen) atoms. The van der Waals surface area contributed by atoms with Crippen LogP contribution in [0.25, 0.3) is 0 Å². The lowest BCUT2D eigenvalue weighted by Gasteiger charge is -2.32. The molecule has 18 N–H and O–H groups in total. The van der Waals surface area contributed by atoms with Crippen LogP contribution in [0, 0.1) is 0 Å². The van der Waals surface area contributed by atoms with Crippen molar-refractivity contribution in [3.63, 3.8) is 0 Å². The molecule has 3 fully saturated rings. The predicted molar refractivity (Wildman–Crippen MR) is 286 cm³/mol. The van der Waals surface area contributed by atoms with Crippen LogP contribution in [0.15, 0.2) is 64.6 Å². The number of aliphatic carboxylic acids is 1. The molecule has 0 bridgehead atoms. The molecule has 3 aliphatic heterocycles. The number of carboxylic acids is 1. The Bertz CT molecular complexity index is 2510. The zero-order valence-electron chi connectivity index (χ0n) is 44.2. The van der Waals surface area contributed by atoms with Gasteiger partial charge in [-0.15, -0.1) is 0 Å². The molecule has 0 saturated carbocycles. The Morgan fingerprint density at radius 1 is 0.671 bits per heavy atom. The lowest BCUT2D eigenvalue weighted by molar-refractivity contribution is -0.147. The summed E-state index contributed by atoms with van der Waals surface area (Å²) in [6.07, 6.45) is 0.621. The van der Waals surface area contributed by atoms with Crippen LogP contribution < -0.4 is 60.0 Å². The number of guanidine groups is 2. The van der Waals surface area contributed by atoms with Crippen molar-refractivity contribution in [2.75, 3.05) is 53.0 Å². The van der Waals surface area contributed by atoms with Crippen LogP contribution in [0.5, 0.6) is 5.75 Å². The third kappa shape index (κ3) is 18.2. The van der Waals surface area contributed by atoms with Gasteiger partial charge in [-0.05, 0) is 74.6 Å². The number of aliphatic hydroxyl groups is 2. The van der Waals surface area contributed by atoms with Crippen LogP contribution in [0.2, 0.25) is 0 Å². The molecule has 3 aliphatic rings. The first-order chi connectivity index (χ1) is 37.7. The van der Waals surface area contributed by atoms with Crippen molar-refractivity contribution in [3.8, 4) is 5.75 Å².